The van der Waals surface area contributed by atoms with Crippen LogP contribution in [0.1, 0.15) is 36.0 Å². The van der Waals surface area contributed by atoms with E-state index in [2.05, 4.69) is 10.2 Å². The summed E-state index contributed by atoms with van der Waals surface area (Å²) in [7, 11) is 0. The van der Waals surface area contributed by atoms with Gasteiger partial charge in [0.05, 0.1) is 6.04 Å². The number of hydrogen-bond donors (Lipinski definition) is 1. The van der Waals surface area contributed by atoms with Crippen LogP contribution in [0.2, 0.25) is 0 Å². The van der Waals surface area contributed by atoms with E-state index in [1.807, 2.05) is 18.2 Å². The predicted octanol–water partition coefficient (Wildman–Crippen LogP) is 1.81. The fourth-order valence-corrected chi connectivity index (χ4v) is 4.73. The van der Waals surface area contributed by atoms with Gasteiger partial charge >= 0.3 is 0 Å². The molecule has 1 amide bonds. The molecule has 1 aromatic carbocycles. The molecule has 5 heteroatoms. The molecule has 6 rings (SSSR count). The van der Waals surface area contributed by atoms with E-state index in [0.717, 1.165) is 5.75 Å². The third kappa shape index (κ3) is 2.06. The molecule has 4 fully saturated rings. The molecule has 1 aliphatic carbocycles. The smallest absolute Gasteiger partial charge is 0.251 e. The Morgan fingerprint density at radius 2 is 1.87 bits per heavy atom. The summed E-state index contributed by atoms with van der Waals surface area (Å²) in [4.78, 5) is 15.4. The van der Waals surface area contributed by atoms with Gasteiger partial charge in [0.1, 0.15) is 13.2 Å². The molecule has 4 heterocycles. The zero-order valence-corrected chi connectivity index (χ0v) is 13.2. The van der Waals surface area contributed by atoms with Gasteiger partial charge in [-0.25, -0.2) is 0 Å². The summed E-state index contributed by atoms with van der Waals surface area (Å²) in [5.41, 5.74) is 0.937. The lowest BCUT2D eigenvalue weighted by molar-refractivity contribution is -0.00145. The number of amides is 1. The molecule has 4 aliphatic heterocycles. The molecule has 1 N–H and O–H groups in total. The van der Waals surface area contributed by atoms with Crippen LogP contribution in [-0.4, -0.2) is 48.7 Å². The van der Waals surface area contributed by atoms with Gasteiger partial charge in [-0.2, -0.15) is 0 Å². The first-order chi connectivity index (χ1) is 11.3. The van der Waals surface area contributed by atoms with Crippen molar-refractivity contribution in [3.05, 3.63) is 23.8 Å². The van der Waals surface area contributed by atoms with E-state index >= 15 is 0 Å². The van der Waals surface area contributed by atoms with E-state index in [4.69, 9.17) is 9.47 Å². The van der Waals surface area contributed by atoms with E-state index in [0.29, 0.717) is 36.5 Å². The molecule has 1 saturated carbocycles. The maximum absolute atomic E-state index is 12.8. The van der Waals surface area contributed by atoms with Crippen LogP contribution in [0.15, 0.2) is 18.2 Å². The SMILES string of the molecule is O=C(N[C@H]1C2CCN(CC2)C12CC2)c1ccc2c(c1)OCCO2. The van der Waals surface area contributed by atoms with E-state index in [1.54, 1.807) is 0 Å². The normalized spacial score (nSPS) is 32.6. The Morgan fingerprint density at radius 3 is 2.61 bits per heavy atom. The average Bonchev–Trinajstić information content (AvgIpc) is 3.39. The van der Waals surface area contributed by atoms with Crippen LogP contribution >= 0.6 is 0 Å². The minimum atomic E-state index is 0.0204. The number of benzene rings is 1. The highest BCUT2D eigenvalue weighted by atomic mass is 16.6. The van der Waals surface area contributed by atoms with E-state index in [9.17, 15) is 4.79 Å². The molecule has 23 heavy (non-hydrogen) atoms. The summed E-state index contributed by atoms with van der Waals surface area (Å²) in [6, 6.07) is 5.80. The quantitative estimate of drug-likeness (QED) is 0.904. The summed E-state index contributed by atoms with van der Waals surface area (Å²) in [6.07, 6.45) is 4.90. The molecule has 5 aliphatic rings. The molecular weight excluding hydrogens is 292 g/mol. The number of rotatable bonds is 2. The minimum absolute atomic E-state index is 0.0204. The van der Waals surface area contributed by atoms with Gasteiger partial charge in [-0.1, -0.05) is 0 Å². The number of ether oxygens (including phenoxy) is 2. The molecule has 3 saturated heterocycles. The van der Waals surface area contributed by atoms with Gasteiger partial charge in [0.2, 0.25) is 0 Å². The van der Waals surface area contributed by atoms with Crippen LogP contribution in [0.5, 0.6) is 11.5 Å². The van der Waals surface area contributed by atoms with Gasteiger partial charge in [-0.3, -0.25) is 9.69 Å². The third-order valence-electron chi connectivity index (χ3n) is 6.07. The van der Waals surface area contributed by atoms with Crippen molar-refractivity contribution in [3.63, 3.8) is 0 Å². The van der Waals surface area contributed by atoms with Gasteiger partial charge in [0, 0.05) is 11.1 Å². The van der Waals surface area contributed by atoms with Crippen molar-refractivity contribution >= 4 is 5.91 Å². The topological polar surface area (TPSA) is 50.8 Å². The fraction of sp³-hybridized carbons (Fsp3) is 0.611. The van der Waals surface area contributed by atoms with E-state index < -0.39 is 0 Å². The Bertz CT molecular complexity index is 648. The van der Waals surface area contributed by atoms with Crippen molar-refractivity contribution < 1.29 is 14.3 Å². The summed E-state index contributed by atoms with van der Waals surface area (Å²) in [5.74, 6) is 2.07. The van der Waals surface area contributed by atoms with Gasteiger partial charge in [0.25, 0.3) is 5.91 Å². The largest absolute Gasteiger partial charge is 0.486 e. The highest BCUT2D eigenvalue weighted by Gasteiger charge is 2.60. The lowest BCUT2D eigenvalue weighted by Crippen LogP contribution is -2.65. The first-order valence-corrected chi connectivity index (χ1v) is 8.72. The molecule has 0 unspecified atom stereocenters. The Labute approximate surface area is 135 Å². The number of piperidine rings is 3. The Kier molecular flexibility index (Phi) is 2.89. The van der Waals surface area contributed by atoms with Crippen LogP contribution in [0, 0.1) is 5.92 Å². The van der Waals surface area contributed by atoms with Gasteiger partial charge in [-0.15, -0.1) is 0 Å². The van der Waals surface area contributed by atoms with Crippen molar-refractivity contribution in [1.29, 1.82) is 0 Å². The number of nitrogens with zero attached hydrogens (tertiary/aromatic N) is 1. The predicted molar refractivity (Wildman–Crippen MR) is 84.9 cm³/mol. The summed E-state index contributed by atoms with van der Waals surface area (Å²) >= 11 is 0. The van der Waals surface area contributed by atoms with Crippen molar-refractivity contribution in [2.24, 2.45) is 5.92 Å². The van der Waals surface area contributed by atoms with Crippen molar-refractivity contribution in [2.75, 3.05) is 26.3 Å². The Morgan fingerprint density at radius 1 is 1.13 bits per heavy atom. The van der Waals surface area contributed by atoms with Gasteiger partial charge in [0.15, 0.2) is 11.5 Å². The fourth-order valence-electron chi connectivity index (χ4n) is 4.73. The second kappa shape index (κ2) is 4.87. The van der Waals surface area contributed by atoms with Crippen LogP contribution in [-0.2, 0) is 0 Å². The molecule has 5 nitrogen and oxygen atoms in total. The van der Waals surface area contributed by atoms with Crippen molar-refractivity contribution in [1.82, 2.24) is 10.2 Å². The summed E-state index contributed by atoms with van der Waals surface area (Å²) in [6.45, 7) is 3.53. The van der Waals surface area contributed by atoms with Crippen LogP contribution < -0.4 is 14.8 Å². The number of nitrogens with one attached hydrogen (secondary N) is 1. The number of hydrogen-bond acceptors (Lipinski definition) is 4. The second-order valence-electron chi connectivity index (χ2n) is 7.24. The average molecular weight is 314 g/mol. The minimum Gasteiger partial charge on any atom is -0.486 e. The maximum Gasteiger partial charge on any atom is 0.251 e. The lowest BCUT2D eigenvalue weighted by atomic mass is 9.77. The zero-order chi connectivity index (χ0) is 15.4. The van der Waals surface area contributed by atoms with Crippen molar-refractivity contribution in [2.45, 2.75) is 37.3 Å². The molecule has 2 bridgehead atoms. The number of carbonyl (C=O) groups excluding carboxylic acids is 1. The molecule has 1 atom stereocenters. The van der Waals surface area contributed by atoms with Crippen LogP contribution in [0.25, 0.3) is 0 Å². The molecule has 0 radical (unpaired) electrons. The standard InChI is InChI=1S/C18H22N2O3/c21-17(13-1-2-14-15(11-13)23-10-9-22-14)19-16-12-3-7-20(8-4-12)18(16)5-6-18/h1-2,11-12,16H,3-10H2,(H,19,21)/t16-/m0/s1. The van der Waals surface area contributed by atoms with Gasteiger partial charge in [-0.05, 0) is 62.9 Å². The van der Waals surface area contributed by atoms with E-state index in [1.165, 1.54) is 38.8 Å². The molecule has 0 aromatic heterocycles. The molecule has 1 aromatic rings. The number of carbonyl (C=O) groups is 1. The highest BCUT2D eigenvalue weighted by Crippen LogP contribution is 2.53. The lowest BCUT2D eigenvalue weighted by Gasteiger charge is -2.52. The maximum atomic E-state index is 12.8. The van der Waals surface area contributed by atoms with Crippen LogP contribution in [0.3, 0.4) is 0 Å². The number of fused-ring (bicyclic) bond motifs is 3. The monoisotopic (exact) mass is 314 g/mol. The van der Waals surface area contributed by atoms with Crippen LogP contribution in [0.4, 0.5) is 0 Å². The molecule has 1 spiro atoms. The Balaban J connectivity index is 1.37. The first kappa shape index (κ1) is 13.7. The molecule has 122 valence electrons. The summed E-state index contributed by atoms with van der Waals surface area (Å²) in [5, 5.41) is 3.35. The van der Waals surface area contributed by atoms with Crippen molar-refractivity contribution in [3.8, 4) is 11.5 Å². The first-order valence-electron chi connectivity index (χ1n) is 8.72. The second-order valence-corrected chi connectivity index (χ2v) is 7.24. The van der Waals surface area contributed by atoms with Gasteiger partial charge < -0.3 is 14.8 Å². The highest BCUT2D eigenvalue weighted by molar-refractivity contribution is 5.95. The Hall–Kier alpha value is -1.75. The van der Waals surface area contributed by atoms with E-state index in [-0.39, 0.29) is 11.4 Å². The molecular formula is C18H22N2O3. The third-order valence-corrected chi connectivity index (χ3v) is 6.07. The zero-order valence-electron chi connectivity index (χ0n) is 13.2. The summed E-state index contributed by atoms with van der Waals surface area (Å²) < 4.78 is 11.1.